The van der Waals surface area contributed by atoms with Gasteiger partial charge in [-0.3, -0.25) is 4.79 Å². The lowest BCUT2D eigenvalue weighted by Gasteiger charge is -2.21. The van der Waals surface area contributed by atoms with Crippen molar-refractivity contribution in [3.63, 3.8) is 0 Å². The maximum Gasteiger partial charge on any atom is 0.264 e. The minimum Gasteiger partial charge on any atom is -0.369 e. The SMILES string of the molecule is CCCc1nc(C2CSCCO2)[nH]c(=O)c1I. The number of aromatic amines is 1. The minimum atomic E-state index is -0.0611. The molecule has 4 nitrogen and oxygen atoms in total. The number of aromatic nitrogens is 2. The summed E-state index contributed by atoms with van der Waals surface area (Å²) in [6.45, 7) is 2.82. The highest BCUT2D eigenvalue weighted by molar-refractivity contribution is 14.1. The lowest BCUT2D eigenvalue weighted by atomic mass is 10.2. The molecule has 94 valence electrons. The van der Waals surface area contributed by atoms with E-state index < -0.39 is 0 Å². The van der Waals surface area contributed by atoms with E-state index >= 15 is 0 Å². The molecule has 1 saturated heterocycles. The van der Waals surface area contributed by atoms with Crippen molar-refractivity contribution in [2.75, 3.05) is 18.1 Å². The van der Waals surface area contributed by atoms with Gasteiger partial charge in [-0.2, -0.15) is 11.8 Å². The van der Waals surface area contributed by atoms with Gasteiger partial charge in [0.05, 0.1) is 15.9 Å². The Kier molecular flexibility index (Phi) is 4.87. The molecule has 2 rings (SSSR count). The highest BCUT2D eigenvalue weighted by atomic mass is 127. The molecule has 0 radical (unpaired) electrons. The second kappa shape index (κ2) is 6.19. The third kappa shape index (κ3) is 3.23. The van der Waals surface area contributed by atoms with Crippen LogP contribution in [0.15, 0.2) is 4.79 Å². The summed E-state index contributed by atoms with van der Waals surface area (Å²) in [7, 11) is 0. The monoisotopic (exact) mass is 366 g/mol. The van der Waals surface area contributed by atoms with Crippen LogP contribution >= 0.6 is 34.4 Å². The molecule has 1 aromatic heterocycles. The van der Waals surface area contributed by atoms with Gasteiger partial charge in [0.25, 0.3) is 5.56 Å². The summed E-state index contributed by atoms with van der Waals surface area (Å²) in [5.41, 5.74) is 0.851. The van der Waals surface area contributed by atoms with Crippen LogP contribution in [0.5, 0.6) is 0 Å². The molecule has 0 aromatic carbocycles. The summed E-state index contributed by atoms with van der Waals surface area (Å²) in [5, 5.41) is 0. The predicted molar refractivity (Wildman–Crippen MR) is 77.6 cm³/mol. The van der Waals surface area contributed by atoms with Crippen molar-refractivity contribution in [2.45, 2.75) is 25.9 Å². The van der Waals surface area contributed by atoms with Gasteiger partial charge in [0.1, 0.15) is 11.9 Å². The minimum absolute atomic E-state index is 0.0433. The number of hydrogen-bond acceptors (Lipinski definition) is 4. The van der Waals surface area contributed by atoms with Crippen molar-refractivity contribution in [1.82, 2.24) is 9.97 Å². The van der Waals surface area contributed by atoms with Gasteiger partial charge in [0.2, 0.25) is 0 Å². The number of halogens is 1. The van der Waals surface area contributed by atoms with Gasteiger partial charge in [-0.1, -0.05) is 13.3 Å². The second-order valence-corrected chi connectivity index (χ2v) is 6.12. The summed E-state index contributed by atoms with van der Waals surface area (Å²) in [5.74, 6) is 2.58. The largest absolute Gasteiger partial charge is 0.369 e. The standard InChI is InChI=1S/C11H15IN2O2S/c1-2-3-7-9(12)11(15)14-10(13-7)8-6-17-5-4-16-8/h8H,2-6H2,1H3,(H,13,14,15). The van der Waals surface area contributed by atoms with Gasteiger partial charge in [-0.25, -0.2) is 4.98 Å². The van der Waals surface area contributed by atoms with E-state index in [9.17, 15) is 4.79 Å². The molecule has 1 atom stereocenters. The van der Waals surface area contributed by atoms with Crippen LogP contribution in [0.2, 0.25) is 0 Å². The van der Waals surface area contributed by atoms with Gasteiger partial charge >= 0.3 is 0 Å². The maximum absolute atomic E-state index is 11.8. The Morgan fingerprint density at radius 1 is 1.65 bits per heavy atom. The van der Waals surface area contributed by atoms with E-state index in [1.54, 1.807) is 0 Å². The molecule has 1 aromatic rings. The van der Waals surface area contributed by atoms with Crippen LogP contribution in [0.1, 0.15) is 31.0 Å². The van der Waals surface area contributed by atoms with Gasteiger partial charge in [-0.15, -0.1) is 0 Å². The fraction of sp³-hybridized carbons (Fsp3) is 0.636. The number of hydrogen-bond donors (Lipinski definition) is 1. The zero-order valence-corrected chi connectivity index (χ0v) is 12.6. The number of nitrogens with zero attached hydrogens (tertiary/aromatic N) is 1. The summed E-state index contributed by atoms with van der Waals surface area (Å²) in [6, 6.07) is 0. The molecule has 1 aliphatic heterocycles. The highest BCUT2D eigenvalue weighted by Gasteiger charge is 2.20. The van der Waals surface area contributed by atoms with Crippen LogP contribution in [0.4, 0.5) is 0 Å². The summed E-state index contributed by atoms with van der Waals surface area (Å²) in [4.78, 5) is 19.2. The molecule has 1 aliphatic rings. The van der Waals surface area contributed by atoms with Crippen molar-refractivity contribution in [3.8, 4) is 0 Å². The molecule has 1 unspecified atom stereocenters. The van der Waals surface area contributed by atoms with Gasteiger partial charge < -0.3 is 9.72 Å². The van der Waals surface area contributed by atoms with Crippen LogP contribution < -0.4 is 5.56 Å². The van der Waals surface area contributed by atoms with E-state index in [4.69, 9.17) is 4.74 Å². The molecule has 0 amide bonds. The number of H-pyrrole nitrogens is 1. The number of thioether (sulfide) groups is 1. The summed E-state index contributed by atoms with van der Waals surface area (Å²) in [6.07, 6.45) is 1.77. The Morgan fingerprint density at radius 2 is 2.47 bits per heavy atom. The first kappa shape index (κ1) is 13.4. The highest BCUT2D eigenvalue weighted by Crippen LogP contribution is 2.24. The van der Waals surface area contributed by atoms with E-state index in [1.807, 2.05) is 11.8 Å². The molecule has 6 heteroatoms. The normalized spacial score (nSPS) is 20.5. The van der Waals surface area contributed by atoms with Crippen molar-refractivity contribution in [3.05, 3.63) is 25.4 Å². The smallest absolute Gasteiger partial charge is 0.264 e. The Bertz CT molecular complexity index is 444. The number of rotatable bonds is 3. The van der Waals surface area contributed by atoms with Crippen LogP contribution in [0.25, 0.3) is 0 Å². The third-order valence-corrected chi connectivity index (χ3v) is 4.66. The molecular weight excluding hydrogens is 351 g/mol. The van der Waals surface area contributed by atoms with Crippen LogP contribution in [-0.2, 0) is 11.2 Å². The average molecular weight is 366 g/mol. The summed E-state index contributed by atoms with van der Waals surface area (Å²) >= 11 is 3.90. The Morgan fingerprint density at radius 3 is 3.12 bits per heavy atom. The fourth-order valence-electron chi connectivity index (χ4n) is 1.73. The molecule has 0 saturated carbocycles. The molecule has 1 fully saturated rings. The lowest BCUT2D eigenvalue weighted by Crippen LogP contribution is -2.24. The van der Waals surface area contributed by atoms with Crippen LogP contribution in [0, 0.1) is 3.57 Å². The summed E-state index contributed by atoms with van der Waals surface area (Å²) < 4.78 is 6.34. The van der Waals surface area contributed by atoms with E-state index in [-0.39, 0.29) is 11.7 Å². The number of aryl methyl sites for hydroxylation is 1. The van der Waals surface area contributed by atoms with Gasteiger partial charge in [0, 0.05) is 11.5 Å². The molecule has 0 spiro atoms. The number of ether oxygens (including phenoxy) is 1. The third-order valence-electron chi connectivity index (χ3n) is 2.56. The van der Waals surface area contributed by atoms with Crippen molar-refractivity contribution in [2.24, 2.45) is 0 Å². The van der Waals surface area contributed by atoms with E-state index in [1.165, 1.54) is 0 Å². The fourth-order valence-corrected chi connectivity index (χ4v) is 3.10. The molecule has 17 heavy (non-hydrogen) atoms. The van der Waals surface area contributed by atoms with Crippen molar-refractivity contribution < 1.29 is 4.74 Å². The van der Waals surface area contributed by atoms with Crippen LogP contribution in [-0.4, -0.2) is 28.1 Å². The zero-order valence-electron chi connectivity index (χ0n) is 9.66. The molecule has 1 N–H and O–H groups in total. The Labute approximate surface area is 118 Å². The first-order chi connectivity index (χ1) is 8.22. The zero-order chi connectivity index (χ0) is 12.3. The number of nitrogens with one attached hydrogen (secondary N) is 1. The molecule has 0 aliphatic carbocycles. The van der Waals surface area contributed by atoms with Crippen LogP contribution in [0.3, 0.4) is 0 Å². The first-order valence-electron chi connectivity index (χ1n) is 5.70. The maximum atomic E-state index is 11.8. The van der Waals surface area contributed by atoms with E-state index in [0.29, 0.717) is 9.39 Å². The predicted octanol–water partition coefficient (Wildman–Crippen LogP) is 2.13. The lowest BCUT2D eigenvalue weighted by molar-refractivity contribution is 0.0690. The van der Waals surface area contributed by atoms with Gasteiger partial charge in [0.15, 0.2) is 0 Å². The van der Waals surface area contributed by atoms with Crippen molar-refractivity contribution >= 4 is 34.4 Å². The first-order valence-corrected chi connectivity index (χ1v) is 7.93. The molecule has 2 heterocycles. The Balaban J connectivity index is 2.30. The Hall–Kier alpha value is -0.0800. The quantitative estimate of drug-likeness (QED) is 0.833. The average Bonchev–Trinajstić information content (AvgIpc) is 2.36. The molecular formula is C11H15IN2O2S. The van der Waals surface area contributed by atoms with Crippen molar-refractivity contribution in [1.29, 1.82) is 0 Å². The van der Waals surface area contributed by atoms with E-state index in [2.05, 4.69) is 39.5 Å². The molecule has 0 bridgehead atoms. The topological polar surface area (TPSA) is 55.0 Å². The van der Waals surface area contributed by atoms with E-state index in [0.717, 1.165) is 36.6 Å². The second-order valence-electron chi connectivity index (χ2n) is 3.90. The van der Waals surface area contributed by atoms with Gasteiger partial charge in [-0.05, 0) is 29.0 Å².